The van der Waals surface area contributed by atoms with Crippen molar-refractivity contribution in [3.63, 3.8) is 0 Å². The third kappa shape index (κ3) is 5.13. The summed E-state index contributed by atoms with van der Waals surface area (Å²) < 4.78 is 11.8. The van der Waals surface area contributed by atoms with Crippen LogP contribution in [0.15, 0.2) is 53.5 Å². The van der Waals surface area contributed by atoms with Gasteiger partial charge in [0.2, 0.25) is 0 Å². The molecule has 1 unspecified atom stereocenters. The number of rotatable bonds is 7. The molecule has 0 fully saturated rings. The maximum Gasteiger partial charge on any atom is 0.191 e. The van der Waals surface area contributed by atoms with Gasteiger partial charge in [0, 0.05) is 56.5 Å². The van der Waals surface area contributed by atoms with Gasteiger partial charge in [-0.25, -0.2) is 0 Å². The Morgan fingerprint density at radius 3 is 2.58 bits per heavy atom. The predicted molar refractivity (Wildman–Crippen MR) is 126 cm³/mol. The lowest BCUT2D eigenvalue weighted by molar-refractivity contribution is 0.254. The molecule has 2 aromatic carbocycles. The summed E-state index contributed by atoms with van der Waals surface area (Å²) in [7, 11) is 1.79. The summed E-state index contributed by atoms with van der Waals surface area (Å²) in [5.41, 5.74) is 4.76. The minimum absolute atomic E-state index is 0.218. The Balaban J connectivity index is 1.34. The second-order valence-electron chi connectivity index (χ2n) is 7.96. The highest BCUT2D eigenvalue weighted by molar-refractivity contribution is 5.79. The smallest absolute Gasteiger partial charge is 0.191 e. The molecule has 6 nitrogen and oxygen atoms in total. The lowest BCUT2D eigenvalue weighted by Crippen LogP contribution is -2.36. The zero-order valence-corrected chi connectivity index (χ0v) is 18.6. The Labute approximate surface area is 185 Å². The third-order valence-electron chi connectivity index (χ3n) is 5.63. The standard InChI is InChI=1S/C25H32N4O2/c1-4-30-23-14-20-13-18(2)31-24(20)15-21(23)17-28-25(26-3)27-16-19-7-9-22(10-8-19)29-11-5-6-12-29/h5-10,14-15,18H,4,11-13,16-17H2,1-3H3,(H2,26,27,28). The first-order valence-electron chi connectivity index (χ1n) is 11.0. The molecule has 6 heteroatoms. The Hall–Kier alpha value is -3.15. The quantitative estimate of drug-likeness (QED) is 0.407. The second kappa shape index (κ2) is 9.77. The zero-order chi connectivity index (χ0) is 21.6. The van der Waals surface area contributed by atoms with E-state index in [4.69, 9.17) is 9.47 Å². The molecule has 2 N–H and O–H groups in total. The van der Waals surface area contributed by atoms with E-state index in [9.17, 15) is 0 Å². The molecule has 0 saturated carbocycles. The number of anilines is 1. The third-order valence-corrected chi connectivity index (χ3v) is 5.63. The van der Waals surface area contributed by atoms with E-state index in [-0.39, 0.29) is 6.10 Å². The van der Waals surface area contributed by atoms with Crippen LogP contribution in [0.1, 0.15) is 30.5 Å². The number of hydrogen-bond acceptors (Lipinski definition) is 4. The average molecular weight is 421 g/mol. The monoisotopic (exact) mass is 420 g/mol. The molecule has 0 amide bonds. The summed E-state index contributed by atoms with van der Waals surface area (Å²) in [5.74, 6) is 2.63. The van der Waals surface area contributed by atoms with E-state index in [1.54, 1.807) is 7.05 Å². The minimum atomic E-state index is 0.218. The van der Waals surface area contributed by atoms with Crippen LogP contribution in [0.3, 0.4) is 0 Å². The van der Waals surface area contributed by atoms with E-state index >= 15 is 0 Å². The van der Waals surface area contributed by atoms with E-state index in [1.165, 1.54) is 16.8 Å². The fraction of sp³-hybridized carbons (Fsp3) is 0.400. The van der Waals surface area contributed by atoms with E-state index < -0.39 is 0 Å². The van der Waals surface area contributed by atoms with Gasteiger partial charge in [0.25, 0.3) is 0 Å². The molecule has 31 heavy (non-hydrogen) atoms. The molecule has 0 bridgehead atoms. The van der Waals surface area contributed by atoms with Crippen LogP contribution in [0.25, 0.3) is 0 Å². The highest BCUT2D eigenvalue weighted by Crippen LogP contribution is 2.35. The Bertz CT molecular complexity index is 945. The van der Waals surface area contributed by atoms with Crippen LogP contribution < -0.4 is 25.0 Å². The van der Waals surface area contributed by atoms with Gasteiger partial charge in [0.1, 0.15) is 17.6 Å². The van der Waals surface area contributed by atoms with Gasteiger partial charge in [-0.15, -0.1) is 0 Å². The van der Waals surface area contributed by atoms with Crippen molar-refractivity contribution in [3.05, 3.63) is 65.2 Å². The van der Waals surface area contributed by atoms with Crippen molar-refractivity contribution in [3.8, 4) is 11.5 Å². The highest BCUT2D eigenvalue weighted by Gasteiger charge is 2.22. The SMILES string of the molecule is CCOc1cc2c(cc1CNC(=NC)NCc1ccc(N3CC=CC3)cc1)OC(C)C2. The van der Waals surface area contributed by atoms with E-state index in [1.807, 2.05) is 6.92 Å². The summed E-state index contributed by atoms with van der Waals surface area (Å²) in [6.45, 7) is 8.05. The summed E-state index contributed by atoms with van der Waals surface area (Å²) in [6.07, 6.45) is 5.56. The van der Waals surface area contributed by atoms with Crippen LogP contribution in [0.5, 0.6) is 11.5 Å². The van der Waals surface area contributed by atoms with Crippen molar-refractivity contribution < 1.29 is 9.47 Å². The molecule has 164 valence electrons. The van der Waals surface area contributed by atoms with Gasteiger partial charge in [-0.2, -0.15) is 0 Å². The van der Waals surface area contributed by atoms with Crippen molar-refractivity contribution in [2.45, 2.75) is 39.5 Å². The van der Waals surface area contributed by atoms with E-state index in [0.29, 0.717) is 19.7 Å². The number of benzene rings is 2. The molecule has 2 aromatic rings. The van der Waals surface area contributed by atoms with Crippen molar-refractivity contribution in [2.75, 3.05) is 31.6 Å². The van der Waals surface area contributed by atoms with Crippen LogP contribution in [0, 0.1) is 0 Å². The first-order valence-corrected chi connectivity index (χ1v) is 11.0. The summed E-state index contributed by atoms with van der Waals surface area (Å²) in [5, 5.41) is 6.80. The first-order chi connectivity index (χ1) is 15.2. The van der Waals surface area contributed by atoms with Crippen molar-refractivity contribution >= 4 is 11.6 Å². The number of fused-ring (bicyclic) bond motifs is 1. The number of nitrogens with zero attached hydrogens (tertiary/aromatic N) is 2. The predicted octanol–water partition coefficient (Wildman–Crippen LogP) is 3.65. The first kappa shape index (κ1) is 21.1. The number of guanidine groups is 1. The highest BCUT2D eigenvalue weighted by atomic mass is 16.5. The van der Waals surface area contributed by atoms with Crippen LogP contribution in [0.2, 0.25) is 0 Å². The topological polar surface area (TPSA) is 58.1 Å². The van der Waals surface area contributed by atoms with Crippen LogP contribution >= 0.6 is 0 Å². The van der Waals surface area contributed by atoms with Crippen LogP contribution in [0.4, 0.5) is 5.69 Å². The molecule has 2 heterocycles. The van der Waals surface area contributed by atoms with E-state index in [2.05, 4.69) is 76.0 Å². The molecule has 2 aliphatic heterocycles. The number of ether oxygens (including phenoxy) is 2. The van der Waals surface area contributed by atoms with Crippen molar-refractivity contribution in [1.29, 1.82) is 0 Å². The van der Waals surface area contributed by atoms with E-state index in [0.717, 1.165) is 42.5 Å². The van der Waals surface area contributed by atoms with Crippen molar-refractivity contribution in [2.24, 2.45) is 4.99 Å². The van der Waals surface area contributed by atoms with Crippen molar-refractivity contribution in [1.82, 2.24) is 10.6 Å². The minimum Gasteiger partial charge on any atom is -0.494 e. The largest absolute Gasteiger partial charge is 0.494 e. The molecule has 0 saturated heterocycles. The van der Waals surface area contributed by atoms with Crippen LogP contribution in [-0.4, -0.2) is 38.8 Å². The Kier molecular flexibility index (Phi) is 6.65. The summed E-state index contributed by atoms with van der Waals surface area (Å²) >= 11 is 0. The molecule has 1 atom stereocenters. The van der Waals surface area contributed by atoms with Gasteiger partial charge >= 0.3 is 0 Å². The molecule has 0 spiro atoms. The number of aliphatic imine (C=N–C) groups is 1. The van der Waals surface area contributed by atoms with Gasteiger partial charge in [-0.1, -0.05) is 24.3 Å². The average Bonchev–Trinajstić information content (AvgIpc) is 3.43. The molecule has 0 aromatic heterocycles. The van der Waals surface area contributed by atoms with Crippen LogP contribution in [-0.2, 0) is 19.5 Å². The maximum absolute atomic E-state index is 5.93. The van der Waals surface area contributed by atoms with Gasteiger partial charge in [0.15, 0.2) is 5.96 Å². The Morgan fingerprint density at radius 2 is 1.87 bits per heavy atom. The molecule has 0 radical (unpaired) electrons. The fourth-order valence-corrected chi connectivity index (χ4v) is 4.01. The second-order valence-corrected chi connectivity index (χ2v) is 7.96. The zero-order valence-electron chi connectivity index (χ0n) is 18.6. The molecular formula is C25H32N4O2. The maximum atomic E-state index is 5.93. The number of nitrogens with one attached hydrogen (secondary N) is 2. The molecule has 2 aliphatic rings. The fourth-order valence-electron chi connectivity index (χ4n) is 4.01. The van der Waals surface area contributed by atoms with Gasteiger partial charge in [0.05, 0.1) is 6.61 Å². The summed E-state index contributed by atoms with van der Waals surface area (Å²) in [4.78, 5) is 6.71. The lowest BCUT2D eigenvalue weighted by atomic mass is 10.1. The van der Waals surface area contributed by atoms with Gasteiger partial charge < -0.3 is 25.0 Å². The van der Waals surface area contributed by atoms with Gasteiger partial charge in [-0.3, -0.25) is 4.99 Å². The summed E-state index contributed by atoms with van der Waals surface area (Å²) in [6, 6.07) is 12.9. The molecule has 0 aliphatic carbocycles. The number of hydrogen-bond donors (Lipinski definition) is 2. The molecular weight excluding hydrogens is 388 g/mol. The van der Waals surface area contributed by atoms with Gasteiger partial charge in [-0.05, 0) is 43.7 Å². The lowest BCUT2D eigenvalue weighted by Gasteiger charge is -2.18. The normalized spacial score (nSPS) is 17.5. The Morgan fingerprint density at radius 1 is 1.13 bits per heavy atom. The molecule has 4 rings (SSSR count).